The van der Waals surface area contributed by atoms with Gasteiger partial charge >= 0.3 is 12.1 Å². The van der Waals surface area contributed by atoms with E-state index in [-0.39, 0.29) is 19.5 Å². The Kier molecular flexibility index (Phi) is 3.64. The van der Waals surface area contributed by atoms with Crippen molar-refractivity contribution in [3.05, 3.63) is 0 Å². The van der Waals surface area contributed by atoms with Crippen molar-refractivity contribution in [1.29, 1.82) is 5.26 Å². The second-order valence-corrected chi connectivity index (χ2v) is 4.17. The summed E-state index contributed by atoms with van der Waals surface area (Å²) in [7, 11) is 0. The molecule has 0 saturated carbocycles. The summed E-state index contributed by atoms with van der Waals surface area (Å²) >= 11 is 0. The first kappa shape index (κ1) is 13.7. The Morgan fingerprint density at radius 3 is 2.59 bits per heavy atom. The lowest BCUT2D eigenvalue weighted by Crippen LogP contribution is -2.50. The quantitative estimate of drug-likeness (QED) is 0.746. The maximum Gasteiger partial charge on any atom is 0.405 e. The number of carboxylic acids is 1. The molecule has 1 aliphatic heterocycles. The number of nitrogens with zero attached hydrogens (tertiary/aromatic N) is 2. The standard InChI is InChI=1S/C9H12F3N3O2/c10-9(11,12)6(3-13)4-15-2-1-8(14,5-15)7(16)17/h6H,1-2,4-5,14H2,(H,16,17). The predicted molar refractivity (Wildman–Crippen MR) is 50.8 cm³/mol. The molecule has 1 saturated heterocycles. The van der Waals surface area contributed by atoms with Crippen molar-refractivity contribution in [1.82, 2.24) is 4.90 Å². The van der Waals surface area contributed by atoms with Gasteiger partial charge in [0, 0.05) is 19.6 Å². The number of carboxylic acid groups (broad SMARTS) is 1. The van der Waals surface area contributed by atoms with E-state index in [1.54, 1.807) is 0 Å². The summed E-state index contributed by atoms with van der Waals surface area (Å²) in [6.45, 7) is -0.556. The summed E-state index contributed by atoms with van der Waals surface area (Å²) in [4.78, 5) is 12.0. The monoisotopic (exact) mass is 251 g/mol. The highest BCUT2D eigenvalue weighted by Gasteiger charge is 2.46. The van der Waals surface area contributed by atoms with Gasteiger partial charge in [0.2, 0.25) is 0 Å². The largest absolute Gasteiger partial charge is 0.480 e. The van der Waals surface area contributed by atoms with E-state index in [0.29, 0.717) is 0 Å². The van der Waals surface area contributed by atoms with Crippen LogP contribution in [0.3, 0.4) is 0 Å². The number of hydrogen-bond donors (Lipinski definition) is 2. The number of nitriles is 1. The molecule has 0 aromatic carbocycles. The van der Waals surface area contributed by atoms with Gasteiger partial charge in [-0.3, -0.25) is 9.69 Å². The zero-order chi connectivity index (χ0) is 13.3. The summed E-state index contributed by atoms with van der Waals surface area (Å²) < 4.78 is 37.0. The third kappa shape index (κ3) is 3.08. The van der Waals surface area contributed by atoms with Crippen LogP contribution in [0, 0.1) is 17.2 Å². The molecular weight excluding hydrogens is 239 g/mol. The molecule has 96 valence electrons. The van der Waals surface area contributed by atoms with Crippen LogP contribution in [0.1, 0.15) is 6.42 Å². The summed E-state index contributed by atoms with van der Waals surface area (Å²) in [5, 5.41) is 17.2. The molecule has 0 bridgehead atoms. The van der Waals surface area contributed by atoms with Crippen LogP contribution in [-0.4, -0.2) is 47.3 Å². The van der Waals surface area contributed by atoms with Gasteiger partial charge in [-0.25, -0.2) is 0 Å². The van der Waals surface area contributed by atoms with Crippen LogP contribution < -0.4 is 5.73 Å². The summed E-state index contributed by atoms with van der Waals surface area (Å²) in [5.74, 6) is -3.35. The third-order valence-electron chi connectivity index (χ3n) is 2.80. The van der Waals surface area contributed by atoms with E-state index < -0.39 is 30.1 Å². The van der Waals surface area contributed by atoms with Crippen LogP contribution in [0.25, 0.3) is 0 Å². The fourth-order valence-corrected chi connectivity index (χ4v) is 1.72. The van der Waals surface area contributed by atoms with Crippen molar-refractivity contribution in [3.8, 4) is 6.07 Å². The smallest absolute Gasteiger partial charge is 0.405 e. The summed E-state index contributed by atoms with van der Waals surface area (Å²) in [6.07, 6.45) is -4.52. The van der Waals surface area contributed by atoms with Gasteiger partial charge in [-0.05, 0) is 6.42 Å². The number of alkyl halides is 3. The molecule has 1 fully saturated rings. The molecule has 1 rings (SSSR count). The fraction of sp³-hybridized carbons (Fsp3) is 0.778. The molecule has 8 heteroatoms. The first-order valence-corrected chi connectivity index (χ1v) is 4.90. The van der Waals surface area contributed by atoms with E-state index >= 15 is 0 Å². The molecule has 0 radical (unpaired) electrons. The maximum atomic E-state index is 12.3. The second-order valence-electron chi connectivity index (χ2n) is 4.17. The average Bonchev–Trinajstić information content (AvgIpc) is 2.56. The highest BCUT2D eigenvalue weighted by atomic mass is 19.4. The highest BCUT2D eigenvalue weighted by molar-refractivity contribution is 5.79. The van der Waals surface area contributed by atoms with E-state index in [1.807, 2.05) is 0 Å². The predicted octanol–water partition coefficient (Wildman–Crippen LogP) is 0.176. The van der Waals surface area contributed by atoms with Crippen molar-refractivity contribution in [2.75, 3.05) is 19.6 Å². The Hall–Kier alpha value is -1.33. The minimum Gasteiger partial charge on any atom is -0.480 e. The lowest BCUT2D eigenvalue weighted by molar-refractivity contribution is -0.162. The van der Waals surface area contributed by atoms with E-state index in [1.165, 1.54) is 11.0 Å². The molecule has 2 unspecified atom stereocenters. The Morgan fingerprint density at radius 1 is 1.65 bits per heavy atom. The molecule has 1 aliphatic rings. The van der Waals surface area contributed by atoms with E-state index in [0.717, 1.165) is 0 Å². The Bertz CT molecular complexity index is 352. The summed E-state index contributed by atoms with van der Waals surface area (Å²) in [5.41, 5.74) is 4.00. The minimum absolute atomic E-state index is 0.0817. The van der Waals surface area contributed by atoms with Gasteiger partial charge in [0.1, 0.15) is 5.54 Å². The average molecular weight is 251 g/mol. The molecule has 0 aromatic heterocycles. The van der Waals surface area contributed by atoms with Gasteiger partial charge in [-0.1, -0.05) is 0 Å². The fourth-order valence-electron chi connectivity index (χ4n) is 1.72. The normalized spacial score (nSPS) is 27.7. The molecule has 0 aliphatic carbocycles. The second kappa shape index (κ2) is 4.50. The third-order valence-corrected chi connectivity index (χ3v) is 2.80. The first-order valence-electron chi connectivity index (χ1n) is 4.90. The van der Waals surface area contributed by atoms with Gasteiger partial charge < -0.3 is 10.8 Å². The van der Waals surface area contributed by atoms with Gasteiger partial charge in [0.15, 0.2) is 5.92 Å². The van der Waals surface area contributed by atoms with Crippen molar-refractivity contribution in [3.63, 3.8) is 0 Å². The number of carbonyl (C=O) groups is 1. The molecule has 2 atom stereocenters. The van der Waals surface area contributed by atoms with Crippen LogP contribution in [0.2, 0.25) is 0 Å². The van der Waals surface area contributed by atoms with Gasteiger partial charge in [-0.15, -0.1) is 0 Å². The van der Waals surface area contributed by atoms with Crippen LogP contribution in [-0.2, 0) is 4.79 Å². The first-order chi connectivity index (χ1) is 7.69. The molecule has 5 nitrogen and oxygen atoms in total. The van der Waals surface area contributed by atoms with Gasteiger partial charge in [0.05, 0.1) is 6.07 Å². The zero-order valence-electron chi connectivity index (χ0n) is 8.87. The molecular formula is C9H12F3N3O2. The van der Waals surface area contributed by atoms with Crippen LogP contribution >= 0.6 is 0 Å². The molecule has 3 N–H and O–H groups in total. The maximum absolute atomic E-state index is 12.3. The Morgan fingerprint density at radius 2 is 2.24 bits per heavy atom. The number of likely N-dealkylation sites (tertiary alicyclic amines) is 1. The number of aliphatic carboxylic acids is 1. The topological polar surface area (TPSA) is 90.4 Å². The number of nitrogens with two attached hydrogens (primary N) is 1. The van der Waals surface area contributed by atoms with Crippen LogP contribution in [0.5, 0.6) is 0 Å². The van der Waals surface area contributed by atoms with Crippen molar-refractivity contribution in [2.24, 2.45) is 11.7 Å². The number of hydrogen-bond acceptors (Lipinski definition) is 4. The highest BCUT2D eigenvalue weighted by Crippen LogP contribution is 2.28. The lowest BCUT2D eigenvalue weighted by atomic mass is 10.0. The number of rotatable bonds is 3. The van der Waals surface area contributed by atoms with Crippen molar-refractivity contribution < 1.29 is 23.1 Å². The Labute approximate surface area is 95.6 Å². The van der Waals surface area contributed by atoms with E-state index in [9.17, 15) is 18.0 Å². The molecule has 0 amide bonds. The van der Waals surface area contributed by atoms with Crippen LogP contribution in [0.15, 0.2) is 0 Å². The summed E-state index contributed by atoms with van der Waals surface area (Å²) in [6, 6.07) is 1.17. The van der Waals surface area contributed by atoms with E-state index in [2.05, 4.69) is 0 Å². The van der Waals surface area contributed by atoms with Crippen LogP contribution in [0.4, 0.5) is 13.2 Å². The molecule has 0 aromatic rings. The minimum atomic E-state index is -4.60. The molecule has 0 spiro atoms. The van der Waals surface area contributed by atoms with Gasteiger partial charge in [0.25, 0.3) is 0 Å². The number of halogens is 3. The SMILES string of the molecule is N#CC(CN1CCC(N)(C(=O)O)C1)C(F)(F)F. The van der Waals surface area contributed by atoms with Crippen molar-refractivity contribution >= 4 is 5.97 Å². The molecule has 1 heterocycles. The lowest BCUT2D eigenvalue weighted by Gasteiger charge is -2.22. The molecule has 17 heavy (non-hydrogen) atoms. The van der Waals surface area contributed by atoms with E-state index in [4.69, 9.17) is 16.1 Å². The van der Waals surface area contributed by atoms with Crippen molar-refractivity contribution in [2.45, 2.75) is 18.1 Å². The zero-order valence-corrected chi connectivity index (χ0v) is 8.87. The Balaban J connectivity index is 2.62. The van der Waals surface area contributed by atoms with Gasteiger partial charge in [-0.2, -0.15) is 18.4 Å².